The molecule has 0 radical (unpaired) electrons. The zero-order valence-electron chi connectivity index (χ0n) is 12.8. The van der Waals surface area contributed by atoms with E-state index >= 15 is 0 Å². The van der Waals surface area contributed by atoms with E-state index in [4.69, 9.17) is 11.6 Å². The Kier molecular flexibility index (Phi) is 3.64. The van der Waals surface area contributed by atoms with E-state index in [1.54, 1.807) is 18.2 Å². The minimum Gasteiger partial charge on any atom is -0.369 e. The van der Waals surface area contributed by atoms with Crippen molar-refractivity contribution in [1.29, 1.82) is 0 Å². The van der Waals surface area contributed by atoms with E-state index in [1.807, 2.05) is 0 Å². The molecule has 9 heteroatoms. The number of aromatic nitrogens is 2. The van der Waals surface area contributed by atoms with Gasteiger partial charge >= 0.3 is 6.18 Å². The Morgan fingerprint density at radius 1 is 1.08 bits per heavy atom. The molecule has 132 valence electrons. The monoisotopic (exact) mass is 379 g/mol. The summed E-state index contributed by atoms with van der Waals surface area (Å²) in [4.78, 5) is 21.7. The summed E-state index contributed by atoms with van der Waals surface area (Å²) >= 11 is 5.83. The standard InChI is InChI=1S/C17H9ClF3N3O2/c18-12-5-1-8-2-6-13(23-14(8)22-12)24-15(25)10-4-3-9(17(19,20)21)7-11(10)16(24)26/h1-7,16,26H. The lowest BCUT2D eigenvalue weighted by atomic mass is 10.1. The summed E-state index contributed by atoms with van der Waals surface area (Å²) in [5.41, 5.74) is -0.816. The molecule has 1 aliphatic heterocycles. The summed E-state index contributed by atoms with van der Waals surface area (Å²) in [7, 11) is 0. The van der Waals surface area contributed by atoms with Crippen LogP contribution in [-0.4, -0.2) is 21.0 Å². The molecule has 0 fully saturated rings. The quantitative estimate of drug-likeness (QED) is 0.650. The fourth-order valence-electron chi connectivity index (χ4n) is 2.86. The van der Waals surface area contributed by atoms with Crippen molar-refractivity contribution in [3.63, 3.8) is 0 Å². The van der Waals surface area contributed by atoms with Crippen LogP contribution in [-0.2, 0) is 6.18 Å². The van der Waals surface area contributed by atoms with Gasteiger partial charge in [-0.25, -0.2) is 9.97 Å². The summed E-state index contributed by atoms with van der Waals surface area (Å²) < 4.78 is 38.7. The number of hydrogen-bond donors (Lipinski definition) is 1. The van der Waals surface area contributed by atoms with Gasteiger partial charge in [0.2, 0.25) is 0 Å². The van der Waals surface area contributed by atoms with Gasteiger partial charge in [-0.2, -0.15) is 13.2 Å². The Morgan fingerprint density at radius 2 is 1.81 bits per heavy atom. The van der Waals surface area contributed by atoms with Crippen molar-refractivity contribution in [2.45, 2.75) is 12.4 Å². The highest BCUT2D eigenvalue weighted by Crippen LogP contribution is 2.39. The van der Waals surface area contributed by atoms with Crippen molar-refractivity contribution in [3.8, 4) is 0 Å². The maximum Gasteiger partial charge on any atom is 0.416 e. The van der Waals surface area contributed by atoms with Gasteiger partial charge in [-0.1, -0.05) is 11.6 Å². The lowest BCUT2D eigenvalue weighted by Gasteiger charge is -2.20. The van der Waals surface area contributed by atoms with Gasteiger partial charge in [-0.05, 0) is 42.5 Å². The molecule has 2 aromatic heterocycles. The topological polar surface area (TPSA) is 66.3 Å². The number of aliphatic hydroxyl groups is 1. The van der Waals surface area contributed by atoms with Crippen molar-refractivity contribution in [2.24, 2.45) is 0 Å². The van der Waals surface area contributed by atoms with E-state index < -0.39 is 23.9 Å². The van der Waals surface area contributed by atoms with Crippen LogP contribution in [0.3, 0.4) is 0 Å². The van der Waals surface area contributed by atoms with Gasteiger partial charge in [-0.15, -0.1) is 0 Å². The van der Waals surface area contributed by atoms with Gasteiger partial charge in [0.05, 0.1) is 5.56 Å². The van der Waals surface area contributed by atoms with Crippen LogP contribution in [0, 0.1) is 0 Å². The number of hydrogen-bond acceptors (Lipinski definition) is 4. The van der Waals surface area contributed by atoms with E-state index in [9.17, 15) is 23.1 Å². The Morgan fingerprint density at radius 3 is 2.54 bits per heavy atom. The molecule has 1 N–H and O–H groups in total. The highest BCUT2D eigenvalue weighted by atomic mass is 35.5. The molecule has 0 spiro atoms. The first-order valence-corrected chi connectivity index (χ1v) is 7.79. The lowest BCUT2D eigenvalue weighted by Crippen LogP contribution is -2.28. The summed E-state index contributed by atoms with van der Waals surface area (Å²) in [6, 6.07) is 9.01. The molecule has 1 atom stereocenters. The van der Waals surface area contributed by atoms with E-state index in [0.29, 0.717) is 5.39 Å². The fourth-order valence-corrected chi connectivity index (χ4v) is 3.00. The van der Waals surface area contributed by atoms with Crippen LogP contribution in [0.15, 0.2) is 42.5 Å². The molecule has 0 saturated carbocycles. The number of anilines is 1. The maximum atomic E-state index is 12.9. The zero-order chi connectivity index (χ0) is 18.6. The number of nitrogens with zero attached hydrogens (tertiary/aromatic N) is 3. The molecule has 1 aliphatic rings. The molecule has 1 unspecified atom stereocenters. The fraction of sp³-hybridized carbons (Fsp3) is 0.118. The molecule has 1 aromatic carbocycles. The Bertz CT molecular complexity index is 1060. The number of aliphatic hydroxyl groups excluding tert-OH is 1. The van der Waals surface area contributed by atoms with Crippen molar-refractivity contribution < 1.29 is 23.1 Å². The van der Waals surface area contributed by atoms with Gasteiger partial charge in [-0.3, -0.25) is 9.69 Å². The third-order valence-electron chi connectivity index (χ3n) is 4.10. The highest BCUT2D eigenvalue weighted by molar-refractivity contribution is 6.29. The molecule has 3 heterocycles. The molecule has 5 nitrogen and oxygen atoms in total. The summed E-state index contributed by atoms with van der Waals surface area (Å²) in [5.74, 6) is -0.579. The van der Waals surface area contributed by atoms with Crippen molar-refractivity contribution in [2.75, 3.05) is 4.90 Å². The first-order chi connectivity index (χ1) is 12.3. The zero-order valence-corrected chi connectivity index (χ0v) is 13.6. The average Bonchev–Trinajstić information content (AvgIpc) is 2.84. The molecular weight excluding hydrogens is 371 g/mol. The third-order valence-corrected chi connectivity index (χ3v) is 4.31. The number of pyridine rings is 2. The molecule has 0 aliphatic carbocycles. The molecule has 26 heavy (non-hydrogen) atoms. The van der Waals surface area contributed by atoms with Gasteiger partial charge in [0.25, 0.3) is 5.91 Å². The number of amides is 1. The van der Waals surface area contributed by atoms with E-state index in [0.717, 1.165) is 23.1 Å². The lowest BCUT2D eigenvalue weighted by molar-refractivity contribution is -0.137. The molecule has 0 bridgehead atoms. The van der Waals surface area contributed by atoms with Gasteiger partial charge in [0, 0.05) is 16.5 Å². The van der Waals surface area contributed by atoms with Gasteiger partial charge in [0.1, 0.15) is 11.0 Å². The van der Waals surface area contributed by atoms with Crippen LogP contribution < -0.4 is 4.90 Å². The second-order valence-corrected chi connectivity index (χ2v) is 6.09. The van der Waals surface area contributed by atoms with Crippen molar-refractivity contribution in [3.05, 3.63) is 64.3 Å². The molecule has 0 saturated heterocycles. The third kappa shape index (κ3) is 2.58. The highest BCUT2D eigenvalue weighted by Gasteiger charge is 2.40. The van der Waals surface area contributed by atoms with Crippen LogP contribution >= 0.6 is 11.6 Å². The van der Waals surface area contributed by atoms with Gasteiger partial charge in [0.15, 0.2) is 11.9 Å². The predicted molar refractivity (Wildman–Crippen MR) is 87.8 cm³/mol. The number of benzene rings is 1. The Labute approximate surface area is 149 Å². The molecule has 4 rings (SSSR count). The molecular formula is C17H9ClF3N3O2. The largest absolute Gasteiger partial charge is 0.416 e. The van der Waals surface area contributed by atoms with Crippen LogP contribution in [0.2, 0.25) is 5.15 Å². The van der Waals surface area contributed by atoms with Crippen LogP contribution in [0.1, 0.15) is 27.7 Å². The Hall–Kier alpha value is -2.71. The molecule has 1 amide bonds. The number of carbonyl (C=O) groups is 1. The number of rotatable bonds is 1. The second-order valence-electron chi connectivity index (χ2n) is 5.70. The van der Waals surface area contributed by atoms with E-state index in [1.165, 1.54) is 6.07 Å². The summed E-state index contributed by atoms with van der Waals surface area (Å²) in [6.07, 6.45) is -6.16. The SMILES string of the molecule is O=C1c2ccc(C(F)(F)F)cc2C(O)N1c1ccc2ccc(Cl)nc2n1. The van der Waals surface area contributed by atoms with Crippen LogP contribution in [0.25, 0.3) is 11.0 Å². The number of fused-ring (bicyclic) bond motifs is 2. The normalized spacial score (nSPS) is 17.0. The molecule has 3 aromatic rings. The minimum atomic E-state index is -4.58. The van der Waals surface area contributed by atoms with Crippen molar-refractivity contribution >= 4 is 34.4 Å². The van der Waals surface area contributed by atoms with E-state index in [2.05, 4.69) is 9.97 Å². The van der Waals surface area contributed by atoms with Crippen LogP contribution in [0.5, 0.6) is 0 Å². The van der Waals surface area contributed by atoms with Crippen molar-refractivity contribution in [1.82, 2.24) is 9.97 Å². The minimum absolute atomic E-state index is 0.00792. The predicted octanol–water partition coefficient (Wildman–Crippen LogP) is 3.95. The second kappa shape index (κ2) is 5.65. The first-order valence-electron chi connectivity index (χ1n) is 7.42. The van der Waals surface area contributed by atoms with E-state index in [-0.39, 0.29) is 27.7 Å². The Balaban J connectivity index is 1.79. The van der Waals surface area contributed by atoms with Gasteiger partial charge < -0.3 is 5.11 Å². The summed E-state index contributed by atoms with van der Waals surface area (Å²) in [6.45, 7) is 0. The summed E-state index contributed by atoms with van der Waals surface area (Å²) in [5, 5.41) is 11.3. The smallest absolute Gasteiger partial charge is 0.369 e. The first kappa shape index (κ1) is 16.7. The number of halogens is 4. The average molecular weight is 380 g/mol. The number of carbonyl (C=O) groups excluding carboxylic acids is 1. The van der Waals surface area contributed by atoms with Crippen LogP contribution in [0.4, 0.5) is 19.0 Å². The number of alkyl halides is 3. The maximum absolute atomic E-state index is 12.9.